The lowest BCUT2D eigenvalue weighted by Gasteiger charge is -2.44. The molecule has 1 aromatic rings. The van der Waals surface area contributed by atoms with E-state index < -0.39 is 0 Å². The summed E-state index contributed by atoms with van der Waals surface area (Å²) in [5.74, 6) is -0.334. The molecule has 3 rings (SSSR count). The maximum Gasteiger partial charge on any atom is 0.227 e. The molecule has 1 unspecified atom stereocenters. The number of hydrogen-bond donors (Lipinski definition) is 0. The quantitative estimate of drug-likeness (QED) is 0.833. The van der Waals surface area contributed by atoms with E-state index in [0.717, 1.165) is 18.7 Å². The van der Waals surface area contributed by atoms with Crippen molar-refractivity contribution in [1.82, 2.24) is 14.7 Å². The van der Waals surface area contributed by atoms with Crippen LogP contribution in [-0.2, 0) is 16.1 Å². The van der Waals surface area contributed by atoms with Crippen LogP contribution in [-0.4, -0.2) is 66.3 Å². The number of rotatable bonds is 4. The van der Waals surface area contributed by atoms with E-state index in [1.54, 1.807) is 25.1 Å². The van der Waals surface area contributed by atoms with Crippen LogP contribution in [0.4, 0.5) is 4.39 Å². The second-order valence-corrected chi connectivity index (χ2v) is 7.12. The predicted octanol–water partition coefficient (Wildman–Crippen LogP) is 1.26. The first kappa shape index (κ1) is 16.9. The second kappa shape index (κ2) is 6.51. The molecule has 0 N–H and O–H groups in total. The van der Waals surface area contributed by atoms with Gasteiger partial charge in [0, 0.05) is 52.3 Å². The van der Waals surface area contributed by atoms with Crippen molar-refractivity contribution in [3.63, 3.8) is 0 Å². The minimum Gasteiger partial charge on any atom is -0.349 e. The van der Waals surface area contributed by atoms with Crippen LogP contribution < -0.4 is 0 Å². The van der Waals surface area contributed by atoms with E-state index in [4.69, 9.17) is 0 Å². The Kier molecular flexibility index (Phi) is 4.58. The maximum atomic E-state index is 13.8. The van der Waals surface area contributed by atoms with Gasteiger partial charge in [-0.05, 0) is 13.0 Å². The molecule has 130 valence electrons. The summed E-state index contributed by atoms with van der Waals surface area (Å²) >= 11 is 0. The normalized spacial score (nSPS) is 21.9. The average Bonchev–Trinajstić information content (AvgIpc) is 2.86. The Labute approximate surface area is 142 Å². The number of carbonyl (C=O) groups excluding carboxylic acids is 2. The van der Waals surface area contributed by atoms with Gasteiger partial charge in [-0.3, -0.25) is 14.5 Å². The largest absolute Gasteiger partial charge is 0.349 e. The number of halogens is 1. The van der Waals surface area contributed by atoms with Crippen LogP contribution in [0.15, 0.2) is 18.2 Å². The summed E-state index contributed by atoms with van der Waals surface area (Å²) in [6, 6.07) is 5.28. The summed E-state index contributed by atoms with van der Waals surface area (Å²) in [5.41, 5.74) is 1.74. The van der Waals surface area contributed by atoms with Gasteiger partial charge >= 0.3 is 0 Å². The Morgan fingerprint density at radius 3 is 2.67 bits per heavy atom. The second-order valence-electron chi connectivity index (χ2n) is 7.12. The molecule has 0 bridgehead atoms. The van der Waals surface area contributed by atoms with Crippen molar-refractivity contribution in [2.75, 3.05) is 33.7 Å². The van der Waals surface area contributed by atoms with Gasteiger partial charge in [0.1, 0.15) is 5.82 Å². The van der Waals surface area contributed by atoms with Crippen LogP contribution in [0, 0.1) is 18.7 Å². The predicted molar refractivity (Wildman–Crippen MR) is 88.7 cm³/mol. The van der Waals surface area contributed by atoms with Gasteiger partial charge in [-0.2, -0.15) is 0 Å². The van der Waals surface area contributed by atoms with Crippen LogP contribution in [0.5, 0.6) is 0 Å². The van der Waals surface area contributed by atoms with Crippen molar-refractivity contribution in [2.24, 2.45) is 5.92 Å². The standard InChI is InChI=1S/C18H24FN3O2/c1-12-4-5-16(19)13(6-12)8-21-10-15(11-21)22-9-14(7-17(22)23)18(24)20(2)3/h4-6,14-15H,7-11H2,1-3H3. The average molecular weight is 333 g/mol. The van der Waals surface area contributed by atoms with E-state index in [0.29, 0.717) is 25.1 Å². The van der Waals surface area contributed by atoms with Gasteiger partial charge < -0.3 is 9.80 Å². The maximum absolute atomic E-state index is 13.8. The number of likely N-dealkylation sites (tertiary alicyclic amines) is 2. The Balaban J connectivity index is 1.54. The van der Waals surface area contributed by atoms with Crippen LogP contribution in [0.3, 0.4) is 0 Å². The highest BCUT2D eigenvalue weighted by Crippen LogP contribution is 2.27. The third-order valence-electron chi connectivity index (χ3n) is 4.92. The molecule has 2 fully saturated rings. The van der Waals surface area contributed by atoms with E-state index in [1.807, 2.05) is 17.9 Å². The van der Waals surface area contributed by atoms with E-state index in [1.165, 1.54) is 6.07 Å². The van der Waals surface area contributed by atoms with Crippen molar-refractivity contribution in [2.45, 2.75) is 25.9 Å². The number of amides is 2. The zero-order valence-electron chi connectivity index (χ0n) is 14.5. The molecular formula is C18H24FN3O2. The Morgan fingerprint density at radius 1 is 1.29 bits per heavy atom. The van der Waals surface area contributed by atoms with E-state index in [-0.39, 0.29) is 29.6 Å². The van der Waals surface area contributed by atoms with Crippen LogP contribution in [0.25, 0.3) is 0 Å². The Morgan fingerprint density at radius 2 is 2.00 bits per heavy atom. The lowest BCUT2D eigenvalue weighted by molar-refractivity contribution is -0.134. The van der Waals surface area contributed by atoms with Gasteiger partial charge in [-0.1, -0.05) is 17.7 Å². The summed E-state index contributed by atoms with van der Waals surface area (Å²) in [4.78, 5) is 29.7. The molecule has 1 atom stereocenters. The zero-order valence-corrected chi connectivity index (χ0v) is 14.5. The van der Waals surface area contributed by atoms with E-state index >= 15 is 0 Å². The van der Waals surface area contributed by atoms with Crippen LogP contribution in [0.1, 0.15) is 17.5 Å². The minimum atomic E-state index is -0.226. The summed E-state index contributed by atoms with van der Waals surface area (Å²) in [6.45, 7) is 4.50. The SMILES string of the molecule is Cc1ccc(F)c(CN2CC(N3CC(C(=O)N(C)C)CC3=O)C2)c1. The number of hydrogen-bond acceptors (Lipinski definition) is 3. The molecule has 0 aromatic heterocycles. The molecular weight excluding hydrogens is 309 g/mol. The first-order chi connectivity index (χ1) is 11.3. The summed E-state index contributed by atoms with van der Waals surface area (Å²) in [7, 11) is 3.44. The van der Waals surface area contributed by atoms with Gasteiger partial charge in [0.25, 0.3) is 0 Å². The van der Waals surface area contributed by atoms with E-state index in [9.17, 15) is 14.0 Å². The van der Waals surface area contributed by atoms with Crippen molar-refractivity contribution in [3.8, 4) is 0 Å². The molecule has 2 saturated heterocycles. The van der Waals surface area contributed by atoms with E-state index in [2.05, 4.69) is 4.90 Å². The van der Waals surface area contributed by atoms with Crippen LogP contribution >= 0.6 is 0 Å². The number of nitrogens with zero attached hydrogens (tertiary/aromatic N) is 3. The number of aryl methyl sites for hydroxylation is 1. The molecule has 0 radical (unpaired) electrons. The fourth-order valence-electron chi connectivity index (χ4n) is 3.55. The molecule has 24 heavy (non-hydrogen) atoms. The van der Waals surface area contributed by atoms with Crippen molar-refractivity contribution in [3.05, 3.63) is 35.1 Å². The summed E-state index contributed by atoms with van der Waals surface area (Å²) in [5, 5.41) is 0. The Hall–Kier alpha value is -1.95. The first-order valence-corrected chi connectivity index (χ1v) is 8.33. The van der Waals surface area contributed by atoms with Crippen molar-refractivity contribution in [1.29, 1.82) is 0 Å². The van der Waals surface area contributed by atoms with Crippen LogP contribution in [0.2, 0.25) is 0 Å². The topological polar surface area (TPSA) is 43.9 Å². The van der Waals surface area contributed by atoms with Gasteiger partial charge in [0.15, 0.2) is 0 Å². The monoisotopic (exact) mass is 333 g/mol. The highest BCUT2D eigenvalue weighted by atomic mass is 19.1. The third-order valence-corrected chi connectivity index (χ3v) is 4.92. The highest BCUT2D eigenvalue weighted by Gasteiger charge is 2.42. The fraction of sp³-hybridized carbons (Fsp3) is 0.556. The molecule has 0 aliphatic carbocycles. The first-order valence-electron chi connectivity index (χ1n) is 8.33. The molecule has 6 heteroatoms. The molecule has 1 aromatic carbocycles. The molecule has 2 heterocycles. The smallest absolute Gasteiger partial charge is 0.227 e. The molecule has 2 aliphatic heterocycles. The molecule has 0 saturated carbocycles. The van der Waals surface area contributed by atoms with Crippen molar-refractivity contribution >= 4 is 11.8 Å². The van der Waals surface area contributed by atoms with Gasteiger partial charge in [-0.15, -0.1) is 0 Å². The zero-order chi connectivity index (χ0) is 17.4. The van der Waals surface area contributed by atoms with Gasteiger partial charge in [-0.25, -0.2) is 4.39 Å². The fourth-order valence-corrected chi connectivity index (χ4v) is 3.55. The number of benzene rings is 1. The molecule has 2 aliphatic rings. The number of carbonyl (C=O) groups is 2. The highest BCUT2D eigenvalue weighted by molar-refractivity contribution is 5.89. The molecule has 0 spiro atoms. The molecule has 5 nitrogen and oxygen atoms in total. The lowest BCUT2D eigenvalue weighted by atomic mass is 10.0. The lowest BCUT2D eigenvalue weighted by Crippen LogP contribution is -2.59. The minimum absolute atomic E-state index is 0.0175. The molecule has 2 amide bonds. The Bertz CT molecular complexity index is 656. The third kappa shape index (κ3) is 3.29. The summed E-state index contributed by atoms with van der Waals surface area (Å²) < 4.78 is 13.8. The van der Waals surface area contributed by atoms with Crippen molar-refractivity contribution < 1.29 is 14.0 Å². The van der Waals surface area contributed by atoms with Gasteiger partial charge in [0.05, 0.1) is 12.0 Å². The van der Waals surface area contributed by atoms with Gasteiger partial charge in [0.2, 0.25) is 11.8 Å². The summed E-state index contributed by atoms with van der Waals surface area (Å²) in [6.07, 6.45) is 0.306.